The predicted octanol–water partition coefficient (Wildman–Crippen LogP) is 1.36. The van der Waals surface area contributed by atoms with Gasteiger partial charge in [-0.2, -0.15) is 0 Å². The standard InChI is InChI=1S/C13H20N2O3/c1-4-11(13(15)16)18-12-7-9(17-3)5-6-10(12)8(2)14/h5-8,11H,4,14H2,1-3H3,(H2,15,16)/t8-,11?/m0/s1. The largest absolute Gasteiger partial charge is 0.497 e. The lowest BCUT2D eigenvalue weighted by Crippen LogP contribution is -2.33. The molecule has 1 rings (SSSR count). The van der Waals surface area contributed by atoms with Crippen LogP contribution in [0.2, 0.25) is 0 Å². The van der Waals surface area contributed by atoms with Crippen LogP contribution in [0.4, 0.5) is 0 Å². The van der Waals surface area contributed by atoms with Gasteiger partial charge in [-0.3, -0.25) is 4.79 Å². The van der Waals surface area contributed by atoms with Crippen LogP contribution >= 0.6 is 0 Å². The van der Waals surface area contributed by atoms with Crippen LogP contribution in [-0.2, 0) is 4.79 Å². The highest BCUT2D eigenvalue weighted by atomic mass is 16.5. The summed E-state index contributed by atoms with van der Waals surface area (Å²) in [6.45, 7) is 3.68. The van der Waals surface area contributed by atoms with Gasteiger partial charge in [0, 0.05) is 17.7 Å². The van der Waals surface area contributed by atoms with E-state index in [2.05, 4.69) is 0 Å². The first-order chi connectivity index (χ1) is 8.49. The Balaban J connectivity index is 3.07. The first-order valence-electron chi connectivity index (χ1n) is 5.89. The van der Waals surface area contributed by atoms with E-state index in [9.17, 15) is 4.79 Å². The van der Waals surface area contributed by atoms with Crippen LogP contribution in [-0.4, -0.2) is 19.1 Å². The molecule has 0 aliphatic rings. The van der Waals surface area contributed by atoms with Gasteiger partial charge in [-0.1, -0.05) is 13.0 Å². The molecular weight excluding hydrogens is 232 g/mol. The molecule has 0 fully saturated rings. The van der Waals surface area contributed by atoms with Crippen molar-refractivity contribution in [3.05, 3.63) is 23.8 Å². The average molecular weight is 252 g/mol. The zero-order valence-corrected chi connectivity index (χ0v) is 11.0. The second-order valence-corrected chi connectivity index (χ2v) is 4.11. The van der Waals surface area contributed by atoms with Gasteiger partial charge in [0.2, 0.25) is 0 Å². The van der Waals surface area contributed by atoms with Gasteiger partial charge in [0.25, 0.3) is 5.91 Å². The molecule has 1 aromatic rings. The van der Waals surface area contributed by atoms with Crippen LogP contribution in [0.15, 0.2) is 18.2 Å². The van der Waals surface area contributed by atoms with Gasteiger partial charge >= 0.3 is 0 Å². The normalized spacial score (nSPS) is 13.8. The molecule has 1 amide bonds. The smallest absolute Gasteiger partial charge is 0.258 e. The van der Waals surface area contributed by atoms with E-state index in [-0.39, 0.29) is 6.04 Å². The quantitative estimate of drug-likeness (QED) is 0.800. The molecule has 5 heteroatoms. The Morgan fingerprint density at radius 2 is 2.11 bits per heavy atom. The summed E-state index contributed by atoms with van der Waals surface area (Å²) in [7, 11) is 1.57. The Bertz CT molecular complexity index is 419. The minimum atomic E-state index is -0.658. The van der Waals surface area contributed by atoms with Gasteiger partial charge in [0.1, 0.15) is 11.5 Å². The van der Waals surface area contributed by atoms with Gasteiger partial charge < -0.3 is 20.9 Å². The van der Waals surface area contributed by atoms with Crippen LogP contribution in [0.1, 0.15) is 31.9 Å². The van der Waals surface area contributed by atoms with Gasteiger partial charge in [0.05, 0.1) is 7.11 Å². The van der Waals surface area contributed by atoms with E-state index in [1.165, 1.54) is 0 Å². The van der Waals surface area contributed by atoms with Crippen LogP contribution < -0.4 is 20.9 Å². The Morgan fingerprint density at radius 1 is 1.44 bits per heavy atom. The van der Waals surface area contributed by atoms with E-state index >= 15 is 0 Å². The van der Waals surface area contributed by atoms with Gasteiger partial charge in [-0.05, 0) is 19.4 Å². The molecule has 0 bridgehead atoms. The number of methoxy groups -OCH3 is 1. The number of nitrogens with two attached hydrogens (primary N) is 2. The molecule has 0 spiro atoms. The van der Waals surface area contributed by atoms with E-state index in [4.69, 9.17) is 20.9 Å². The van der Waals surface area contributed by atoms with Crippen LogP contribution in [0.3, 0.4) is 0 Å². The summed E-state index contributed by atoms with van der Waals surface area (Å²) in [5, 5.41) is 0. The van der Waals surface area contributed by atoms with E-state index in [1.54, 1.807) is 19.2 Å². The highest BCUT2D eigenvalue weighted by Crippen LogP contribution is 2.29. The van der Waals surface area contributed by atoms with Gasteiger partial charge in [-0.15, -0.1) is 0 Å². The van der Waals surface area contributed by atoms with Crippen molar-refractivity contribution in [1.82, 2.24) is 0 Å². The summed E-state index contributed by atoms with van der Waals surface area (Å²) >= 11 is 0. The monoisotopic (exact) mass is 252 g/mol. The molecule has 4 N–H and O–H groups in total. The molecule has 1 unspecified atom stereocenters. The molecule has 1 aromatic carbocycles. The number of ether oxygens (including phenoxy) is 2. The lowest BCUT2D eigenvalue weighted by Gasteiger charge is -2.19. The number of rotatable bonds is 6. The fourth-order valence-electron chi connectivity index (χ4n) is 1.62. The summed E-state index contributed by atoms with van der Waals surface area (Å²) in [5.74, 6) is 0.694. The first-order valence-corrected chi connectivity index (χ1v) is 5.89. The predicted molar refractivity (Wildman–Crippen MR) is 69.5 cm³/mol. The molecule has 18 heavy (non-hydrogen) atoms. The third-order valence-corrected chi connectivity index (χ3v) is 2.67. The molecule has 100 valence electrons. The maximum atomic E-state index is 11.2. The number of primary amides is 1. The number of carbonyl (C=O) groups excluding carboxylic acids is 1. The maximum Gasteiger partial charge on any atom is 0.258 e. The van der Waals surface area contributed by atoms with E-state index < -0.39 is 12.0 Å². The van der Waals surface area contributed by atoms with Crippen molar-refractivity contribution >= 4 is 5.91 Å². The van der Waals surface area contributed by atoms with Gasteiger partial charge in [-0.25, -0.2) is 0 Å². The third kappa shape index (κ3) is 3.37. The molecular formula is C13H20N2O3. The molecule has 2 atom stereocenters. The molecule has 0 aliphatic carbocycles. The molecule has 0 saturated heterocycles. The fraction of sp³-hybridized carbons (Fsp3) is 0.462. The van der Waals surface area contributed by atoms with Crippen molar-refractivity contribution in [2.45, 2.75) is 32.4 Å². The zero-order chi connectivity index (χ0) is 13.7. The summed E-state index contributed by atoms with van der Waals surface area (Å²) in [5.41, 5.74) is 11.9. The number of benzene rings is 1. The molecule has 0 radical (unpaired) electrons. The number of hydrogen-bond acceptors (Lipinski definition) is 4. The average Bonchev–Trinajstić information content (AvgIpc) is 2.34. The van der Waals surface area contributed by atoms with Crippen LogP contribution in [0, 0.1) is 0 Å². The first kappa shape index (κ1) is 14.3. The second kappa shape index (κ2) is 6.26. The Kier molecular flexibility index (Phi) is 4.97. The summed E-state index contributed by atoms with van der Waals surface area (Å²) in [4.78, 5) is 11.2. The fourth-order valence-corrected chi connectivity index (χ4v) is 1.62. The van der Waals surface area contributed by atoms with Crippen LogP contribution in [0.25, 0.3) is 0 Å². The third-order valence-electron chi connectivity index (χ3n) is 2.67. The Labute approximate surface area is 107 Å². The Morgan fingerprint density at radius 3 is 2.56 bits per heavy atom. The zero-order valence-electron chi connectivity index (χ0n) is 11.0. The minimum Gasteiger partial charge on any atom is -0.497 e. The Hall–Kier alpha value is -1.75. The van der Waals surface area contributed by atoms with Crippen molar-refractivity contribution in [2.24, 2.45) is 11.5 Å². The van der Waals surface area contributed by atoms with Gasteiger partial charge in [0.15, 0.2) is 6.10 Å². The molecule has 5 nitrogen and oxygen atoms in total. The van der Waals surface area contributed by atoms with E-state index in [0.717, 1.165) is 5.56 Å². The lowest BCUT2D eigenvalue weighted by molar-refractivity contribution is -0.124. The van der Waals surface area contributed by atoms with E-state index in [0.29, 0.717) is 17.9 Å². The number of carbonyl (C=O) groups is 1. The van der Waals surface area contributed by atoms with Crippen molar-refractivity contribution in [3.8, 4) is 11.5 Å². The second-order valence-electron chi connectivity index (χ2n) is 4.11. The maximum absolute atomic E-state index is 11.2. The van der Waals surface area contributed by atoms with Crippen molar-refractivity contribution in [1.29, 1.82) is 0 Å². The lowest BCUT2D eigenvalue weighted by atomic mass is 10.1. The molecule has 0 saturated carbocycles. The van der Waals surface area contributed by atoms with E-state index in [1.807, 2.05) is 19.9 Å². The molecule has 0 heterocycles. The van der Waals surface area contributed by atoms with Crippen molar-refractivity contribution in [3.63, 3.8) is 0 Å². The van der Waals surface area contributed by atoms with Crippen LogP contribution in [0.5, 0.6) is 11.5 Å². The topological polar surface area (TPSA) is 87.6 Å². The molecule has 0 aromatic heterocycles. The number of amides is 1. The van der Waals surface area contributed by atoms with Crippen molar-refractivity contribution in [2.75, 3.05) is 7.11 Å². The SMILES string of the molecule is CCC(Oc1cc(OC)ccc1[C@H](C)N)C(N)=O. The summed E-state index contributed by atoms with van der Waals surface area (Å²) in [6, 6.07) is 5.14. The van der Waals surface area contributed by atoms with Crippen molar-refractivity contribution < 1.29 is 14.3 Å². The highest BCUT2D eigenvalue weighted by Gasteiger charge is 2.18. The molecule has 0 aliphatic heterocycles. The number of hydrogen-bond donors (Lipinski definition) is 2. The summed E-state index contributed by atoms with van der Waals surface area (Å²) < 4.78 is 10.8. The summed E-state index contributed by atoms with van der Waals surface area (Å²) in [6.07, 6.45) is -0.153. The minimum absolute atomic E-state index is 0.198. The highest BCUT2D eigenvalue weighted by molar-refractivity contribution is 5.79.